The van der Waals surface area contributed by atoms with Gasteiger partial charge < -0.3 is 20.1 Å². The molecule has 0 aliphatic heterocycles. The second kappa shape index (κ2) is 6.95. The molecular formula is C25H23N3O2. The normalized spacial score (nSPS) is 12.6. The number of aromatic amines is 3. The van der Waals surface area contributed by atoms with Gasteiger partial charge in [0.1, 0.15) is 5.69 Å². The summed E-state index contributed by atoms with van der Waals surface area (Å²) >= 11 is 0. The van der Waals surface area contributed by atoms with Crippen LogP contribution in [0.5, 0.6) is 0 Å². The minimum Gasteiger partial charge on any atom is -0.477 e. The zero-order valence-electron chi connectivity index (χ0n) is 16.9. The molecule has 0 radical (unpaired) electrons. The van der Waals surface area contributed by atoms with Crippen LogP contribution in [0.15, 0.2) is 60.9 Å². The molecule has 5 heteroatoms. The third-order valence-electron chi connectivity index (χ3n) is 6.09. The van der Waals surface area contributed by atoms with Crippen LogP contribution in [-0.4, -0.2) is 26.0 Å². The molecule has 3 heterocycles. The largest absolute Gasteiger partial charge is 0.477 e. The molecule has 2 aromatic carbocycles. The van der Waals surface area contributed by atoms with E-state index in [2.05, 4.69) is 34.9 Å². The number of aromatic carboxylic acids is 1. The Morgan fingerprint density at radius 3 is 2.13 bits per heavy atom. The summed E-state index contributed by atoms with van der Waals surface area (Å²) in [6.45, 7) is 4.30. The summed E-state index contributed by atoms with van der Waals surface area (Å²) in [6.07, 6.45) is 4.72. The zero-order chi connectivity index (χ0) is 20.8. The maximum atomic E-state index is 12.3. The summed E-state index contributed by atoms with van der Waals surface area (Å²) in [7, 11) is 0. The van der Waals surface area contributed by atoms with Crippen molar-refractivity contribution in [1.29, 1.82) is 0 Å². The highest BCUT2D eigenvalue weighted by molar-refractivity contribution is 6.06. The molecule has 4 N–H and O–H groups in total. The lowest BCUT2D eigenvalue weighted by Gasteiger charge is -2.15. The Balaban J connectivity index is 1.90. The first kappa shape index (κ1) is 18.3. The molecule has 5 nitrogen and oxygen atoms in total. The predicted molar refractivity (Wildman–Crippen MR) is 121 cm³/mol. The maximum absolute atomic E-state index is 12.3. The summed E-state index contributed by atoms with van der Waals surface area (Å²) in [5, 5.41) is 12.2. The fraction of sp³-hybridized carbons (Fsp3) is 0.160. The van der Waals surface area contributed by atoms with Gasteiger partial charge in [-0.25, -0.2) is 4.79 Å². The molecule has 1 atom stereocenters. The molecule has 5 rings (SSSR count). The molecule has 0 aliphatic rings. The highest BCUT2D eigenvalue weighted by atomic mass is 16.4. The Hall–Kier alpha value is -3.73. The smallest absolute Gasteiger partial charge is 0.352 e. The number of aromatic nitrogens is 3. The van der Waals surface area contributed by atoms with Crippen LogP contribution >= 0.6 is 0 Å². The second-order valence-corrected chi connectivity index (χ2v) is 7.77. The summed E-state index contributed by atoms with van der Waals surface area (Å²) < 4.78 is 0. The summed E-state index contributed by atoms with van der Waals surface area (Å²) in [5.41, 5.74) is 6.93. The zero-order valence-corrected chi connectivity index (χ0v) is 16.9. The van der Waals surface area contributed by atoms with E-state index < -0.39 is 5.97 Å². The van der Waals surface area contributed by atoms with Gasteiger partial charge in [0.2, 0.25) is 0 Å². The first-order chi connectivity index (χ1) is 14.6. The van der Waals surface area contributed by atoms with E-state index in [1.165, 1.54) is 0 Å². The van der Waals surface area contributed by atoms with Crippen LogP contribution in [0.4, 0.5) is 0 Å². The van der Waals surface area contributed by atoms with Crippen LogP contribution in [-0.2, 0) is 0 Å². The summed E-state index contributed by atoms with van der Waals surface area (Å²) in [5.74, 6) is -0.766. The average Bonchev–Trinajstić information content (AvgIpc) is 3.49. The molecule has 0 saturated carbocycles. The van der Waals surface area contributed by atoms with Gasteiger partial charge in [-0.1, -0.05) is 38.1 Å². The Kier molecular flexibility index (Phi) is 4.24. The van der Waals surface area contributed by atoms with E-state index in [0.29, 0.717) is 0 Å². The van der Waals surface area contributed by atoms with E-state index in [4.69, 9.17) is 0 Å². The van der Waals surface area contributed by atoms with Crippen LogP contribution in [0.3, 0.4) is 0 Å². The topological polar surface area (TPSA) is 84.7 Å². The number of nitrogens with one attached hydrogen (secondary N) is 3. The summed E-state index contributed by atoms with van der Waals surface area (Å²) in [4.78, 5) is 22.1. The van der Waals surface area contributed by atoms with Gasteiger partial charge in [0.25, 0.3) is 0 Å². The molecule has 1 unspecified atom stereocenters. The average molecular weight is 397 g/mol. The van der Waals surface area contributed by atoms with Crippen molar-refractivity contribution in [2.75, 3.05) is 0 Å². The molecule has 0 bridgehead atoms. The number of fused-ring (bicyclic) bond motifs is 2. The Labute approximate surface area is 173 Å². The van der Waals surface area contributed by atoms with E-state index in [-0.39, 0.29) is 11.6 Å². The number of rotatable bonds is 5. The highest BCUT2D eigenvalue weighted by Gasteiger charge is 2.28. The Bertz CT molecular complexity index is 1390. The second-order valence-electron chi connectivity index (χ2n) is 7.77. The fourth-order valence-corrected chi connectivity index (χ4v) is 4.47. The highest BCUT2D eigenvalue weighted by Crippen LogP contribution is 2.44. The lowest BCUT2D eigenvalue weighted by molar-refractivity contribution is 0.0692. The van der Waals surface area contributed by atoms with Crippen LogP contribution in [0.25, 0.3) is 44.2 Å². The van der Waals surface area contributed by atoms with Crippen molar-refractivity contribution >= 4 is 27.8 Å². The monoisotopic (exact) mass is 397 g/mol. The first-order valence-electron chi connectivity index (χ1n) is 10.2. The fourth-order valence-electron chi connectivity index (χ4n) is 4.47. The van der Waals surface area contributed by atoms with Crippen molar-refractivity contribution in [3.8, 4) is 22.4 Å². The van der Waals surface area contributed by atoms with Gasteiger partial charge in [-0.05, 0) is 47.7 Å². The number of H-pyrrole nitrogens is 3. The molecule has 0 amide bonds. The first-order valence-corrected chi connectivity index (χ1v) is 10.2. The minimum absolute atomic E-state index is 0.183. The molecule has 0 aliphatic carbocycles. The van der Waals surface area contributed by atoms with Gasteiger partial charge in [0.15, 0.2) is 0 Å². The molecule has 5 aromatic rings. The molecule has 30 heavy (non-hydrogen) atoms. The van der Waals surface area contributed by atoms with E-state index in [1.807, 2.05) is 54.9 Å². The lowest BCUT2D eigenvalue weighted by Crippen LogP contribution is -2.01. The number of benzene rings is 2. The quantitative estimate of drug-likeness (QED) is 0.272. The number of hydrogen-bond donors (Lipinski definition) is 4. The van der Waals surface area contributed by atoms with Crippen molar-refractivity contribution in [1.82, 2.24) is 15.0 Å². The van der Waals surface area contributed by atoms with Gasteiger partial charge in [0, 0.05) is 45.3 Å². The number of hydrogen-bond acceptors (Lipinski definition) is 1. The van der Waals surface area contributed by atoms with Crippen molar-refractivity contribution in [2.45, 2.75) is 26.2 Å². The van der Waals surface area contributed by atoms with E-state index in [1.54, 1.807) is 0 Å². The van der Waals surface area contributed by atoms with Gasteiger partial charge in [-0.3, -0.25) is 0 Å². The van der Waals surface area contributed by atoms with Crippen molar-refractivity contribution in [3.05, 3.63) is 72.2 Å². The number of carbonyl (C=O) groups is 1. The van der Waals surface area contributed by atoms with Gasteiger partial charge in [0.05, 0.1) is 5.69 Å². The van der Waals surface area contributed by atoms with E-state index in [9.17, 15) is 9.90 Å². The third-order valence-corrected chi connectivity index (χ3v) is 6.09. The number of carboxylic acid groups (broad SMARTS) is 1. The van der Waals surface area contributed by atoms with Crippen LogP contribution in [0.2, 0.25) is 0 Å². The molecule has 150 valence electrons. The van der Waals surface area contributed by atoms with E-state index >= 15 is 0 Å². The maximum Gasteiger partial charge on any atom is 0.352 e. The SMILES string of the molecule is CCC(C)c1c(-c2cccc3[nH]ccc23)[nH]c(C(=O)O)c1-c1cccc2[nH]ccc12. The predicted octanol–water partition coefficient (Wildman–Crippen LogP) is 6.52. The Morgan fingerprint density at radius 1 is 0.933 bits per heavy atom. The molecule has 0 fully saturated rings. The van der Waals surface area contributed by atoms with Gasteiger partial charge in [-0.2, -0.15) is 0 Å². The van der Waals surface area contributed by atoms with Gasteiger partial charge >= 0.3 is 5.97 Å². The minimum atomic E-state index is -0.949. The lowest BCUT2D eigenvalue weighted by atomic mass is 9.87. The molecule has 0 spiro atoms. The van der Waals surface area contributed by atoms with E-state index in [0.717, 1.165) is 56.2 Å². The van der Waals surface area contributed by atoms with Crippen molar-refractivity contribution in [3.63, 3.8) is 0 Å². The van der Waals surface area contributed by atoms with Crippen molar-refractivity contribution < 1.29 is 9.90 Å². The third kappa shape index (κ3) is 2.66. The van der Waals surface area contributed by atoms with Gasteiger partial charge in [-0.15, -0.1) is 0 Å². The standard InChI is InChI=1S/C25H23N3O2/c1-3-14(2)21-22(17-6-4-8-19-15(17)10-12-26-19)24(25(29)30)28-23(21)18-7-5-9-20-16(18)11-13-27-20/h4-14,26-28H,3H2,1-2H3,(H,29,30). The molecular weight excluding hydrogens is 374 g/mol. The Morgan fingerprint density at radius 2 is 1.53 bits per heavy atom. The van der Waals surface area contributed by atoms with Crippen LogP contribution < -0.4 is 0 Å². The van der Waals surface area contributed by atoms with Crippen LogP contribution in [0.1, 0.15) is 42.2 Å². The summed E-state index contributed by atoms with van der Waals surface area (Å²) in [6, 6.07) is 16.1. The van der Waals surface area contributed by atoms with Crippen LogP contribution in [0, 0.1) is 0 Å². The van der Waals surface area contributed by atoms with Crippen molar-refractivity contribution in [2.24, 2.45) is 0 Å². The number of carboxylic acids is 1. The molecule has 0 saturated heterocycles. The molecule has 3 aromatic heterocycles.